The van der Waals surface area contributed by atoms with Crippen molar-refractivity contribution < 1.29 is 14.7 Å². The Labute approximate surface area is 116 Å². The lowest BCUT2D eigenvalue weighted by atomic mass is 10.1. The van der Waals surface area contributed by atoms with Crippen LogP contribution < -0.4 is 5.32 Å². The van der Waals surface area contributed by atoms with Gasteiger partial charge < -0.3 is 10.4 Å². The van der Waals surface area contributed by atoms with E-state index in [9.17, 15) is 9.59 Å². The number of aromatic nitrogens is 1. The number of aryl methyl sites for hydroxylation is 1. The molecule has 1 heterocycles. The van der Waals surface area contributed by atoms with Crippen LogP contribution >= 0.6 is 11.3 Å². The molecule has 1 amide bonds. The van der Waals surface area contributed by atoms with Crippen LogP contribution in [0.3, 0.4) is 0 Å². The first-order valence-corrected chi connectivity index (χ1v) is 7.13. The molecule has 2 unspecified atom stereocenters. The maximum atomic E-state index is 12.0. The van der Waals surface area contributed by atoms with E-state index in [2.05, 4.69) is 17.2 Å². The van der Waals surface area contributed by atoms with Crippen LogP contribution in [0, 0.1) is 17.3 Å². The summed E-state index contributed by atoms with van der Waals surface area (Å²) in [5, 5.41) is 12.7. The zero-order valence-corrected chi connectivity index (χ0v) is 12.1. The van der Waals surface area contributed by atoms with Gasteiger partial charge in [0.15, 0.2) is 0 Å². The normalized spacial score (nSPS) is 23.9. The van der Waals surface area contributed by atoms with Crippen LogP contribution in [0.15, 0.2) is 6.20 Å². The average Bonchev–Trinajstić information content (AvgIpc) is 2.73. The van der Waals surface area contributed by atoms with Crippen molar-refractivity contribution in [3.05, 3.63) is 16.1 Å². The Morgan fingerprint density at radius 2 is 2.16 bits per heavy atom. The number of carboxylic acids is 1. The molecule has 19 heavy (non-hydrogen) atoms. The lowest BCUT2D eigenvalue weighted by Gasteiger charge is -2.03. The van der Waals surface area contributed by atoms with E-state index >= 15 is 0 Å². The number of hydrogen-bond donors (Lipinski definition) is 2. The molecule has 0 spiro atoms. The van der Waals surface area contributed by atoms with Gasteiger partial charge in [-0.25, -0.2) is 4.98 Å². The first kappa shape index (κ1) is 14.0. The molecule has 1 saturated carbocycles. The number of carboxylic acid groups (broad SMARTS) is 1. The van der Waals surface area contributed by atoms with Gasteiger partial charge in [-0.1, -0.05) is 20.8 Å². The number of hydrogen-bond acceptors (Lipinski definition) is 4. The predicted octanol–water partition coefficient (Wildman–Crippen LogP) is 1.68. The third kappa shape index (κ3) is 2.63. The second-order valence-corrected chi connectivity index (χ2v) is 6.61. The van der Waals surface area contributed by atoms with E-state index in [0.717, 1.165) is 11.4 Å². The Morgan fingerprint density at radius 3 is 2.63 bits per heavy atom. The Bertz CT molecular complexity index is 510. The topological polar surface area (TPSA) is 79.3 Å². The van der Waals surface area contributed by atoms with Crippen molar-refractivity contribution >= 4 is 23.2 Å². The molecule has 2 atom stereocenters. The summed E-state index contributed by atoms with van der Waals surface area (Å²) >= 11 is 1.57. The maximum Gasteiger partial charge on any atom is 0.307 e. The maximum absolute atomic E-state index is 12.0. The Balaban J connectivity index is 1.91. The summed E-state index contributed by atoms with van der Waals surface area (Å²) in [6, 6.07) is 0. The highest BCUT2D eigenvalue weighted by Crippen LogP contribution is 2.58. The van der Waals surface area contributed by atoms with E-state index in [1.165, 1.54) is 4.88 Å². The summed E-state index contributed by atoms with van der Waals surface area (Å²) in [5.41, 5.74) is -0.451. The van der Waals surface area contributed by atoms with E-state index in [-0.39, 0.29) is 5.91 Å². The van der Waals surface area contributed by atoms with Gasteiger partial charge in [-0.15, -0.1) is 11.3 Å². The van der Waals surface area contributed by atoms with Crippen LogP contribution in [0.5, 0.6) is 0 Å². The minimum Gasteiger partial charge on any atom is -0.481 e. The molecule has 1 aromatic heterocycles. The first-order valence-electron chi connectivity index (χ1n) is 6.32. The molecule has 104 valence electrons. The molecule has 1 fully saturated rings. The molecule has 2 rings (SSSR count). The van der Waals surface area contributed by atoms with Crippen LogP contribution in [0.1, 0.15) is 30.7 Å². The molecule has 1 aliphatic carbocycles. The number of nitrogens with zero attached hydrogens (tertiary/aromatic N) is 1. The second kappa shape index (κ2) is 4.92. The van der Waals surface area contributed by atoms with Crippen LogP contribution in [-0.2, 0) is 22.6 Å². The fraction of sp³-hybridized carbons (Fsp3) is 0.615. The molecule has 0 aromatic carbocycles. The van der Waals surface area contributed by atoms with Crippen molar-refractivity contribution in [3.8, 4) is 0 Å². The van der Waals surface area contributed by atoms with Crippen LogP contribution in [-0.4, -0.2) is 22.0 Å². The van der Waals surface area contributed by atoms with Crippen molar-refractivity contribution in [2.75, 3.05) is 0 Å². The van der Waals surface area contributed by atoms with Gasteiger partial charge in [-0.2, -0.15) is 0 Å². The number of thiazole rings is 1. The molecule has 2 N–H and O–H groups in total. The molecule has 1 aliphatic rings. The smallest absolute Gasteiger partial charge is 0.307 e. The van der Waals surface area contributed by atoms with Crippen molar-refractivity contribution in [1.82, 2.24) is 10.3 Å². The fourth-order valence-corrected chi connectivity index (χ4v) is 3.26. The monoisotopic (exact) mass is 282 g/mol. The number of amides is 1. The lowest BCUT2D eigenvalue weighted by molar-refractivity contribution is -0.140. The van der Waals surface area contributed by atoms with E-state index in [0.29, 0.717) is 6.54 Å². The van der Waals surface area contributed by atoms with Crippen molar-refractivity contribution in [2.45, 2.75) is 33.7 Å². The van der Waals surface area contributed by atoms with Gasteiger partial charge in [0, 0.05) is 11.1 Å². The highest BCUT2D eigenvalue weighted by atomic mass is 32.1. The molecule has 1 aromatic rings. The Morgan fingerprint density at radius 1 is 1.47 bits per heavy atom. The molecule has 5 nitrogen and oxygen atoms in total. The molecule has 0 radical (unpaired) electrons. The fourth-order valence-electron chi connectivity index (χ4n) is 2.45. The van der Waals surface area contributed by atoms with Gasteiger partial charge in [0.1, 0.15) is 5.01 Å². The lowest BCUT2D eigenvalue weighted by Crippen LogP contribution is -2.26. The SMILES string of the molecule is CCc1cnc(CNC(=O)C2C(C(=O)O)C2(C)C)s1. The number of aliphatic carboxylic acids is 1. The molecule has 0 saturated heterocycles. The van der Waals surface area contributed by atoms with Crippen molar-refractivity contribution in [3.63, 3.8) is 0 Å². The van der Waals surface area contributed by atoms with E-state index in [1.807, 2.05) is 20.0 Å². The predicted molar refractivity (Wildman–Crippen MR) is 71.7 cm³/mol. The van der Waals surface area contributed by atoms with Gasteiger partial charge in [0.05, 0.1) is 18.4 Å². The van der Waals surface area contributed by atoms with Gasteiger partial charge in [-0.3, -0.25) is 9.59 Å². The van der Waals surface area contributed by atoms with Crippen molar-refractivity contribution in [1.29, 1.82) is 0 Å². The largest absolute Gasteiger partial charge is 0.481 e. The van der Waals surface area contributed by atoms with E-state index in [1.54, 1.807) is 11.3 Å². The Kier molecular flexibility index (Phi) is 3.62. The Hall–Kier alpha value is -1.43. The first-order chi connectivity index (χ1) is 8.87. The van der Waals surface area contributed by atoms with E-state index in [4.69, 9.17) is 5.11 Å². The minimum absolute atomic E-state index is 0.189. The number of nitrogens with one attached hydrogen (secondary N) is 1. The summed E-state index contributed by atoms with van der Waals surface area (Å²) in [6.45, 7) is 6.06. The zero-order valence-electron chi connectivity index (χ0n) is 11.3. The van der Waals surface area contributed by atoms with Crippen molar-refractivity contribution in [2.24, 2.45) is 17.3 Å². The standard InChI is InChI=1S/C13H18N2O3S/c1-4-7-5-14-8(19-7)6-15-11(16)9-10(12(17)18)13(9,2)3/h5,9-10H,4,6H2,1-3H3,(H,15,16)(H,17,18). The third-order valence-corrected chi connectivity index (χ3v) is 4.88. The highest BCUT2D eigenvalue weighted by Gasteiger charge is 2.65. The molecular formula is C13H18N2O3S. The van der Waals surface area contributed by atoms with Gasteiger partial charge in [0.25, 0.3) is 0 Å². The van der Waals surface area contributed by atoms with Gasteiger partial charge in [0.2, 0.25) is 5.91 Å². The van der Waals surface area contributed by atoms with Gasteiger partial charge in [-0.05, 0) is 11.8 Å². The summed E-state index contributed by atoms with van der Waals surface area (Å²) in [5.74, 6) is -2.09. The van der Waals surface area contributed by atoms with Gasteiger partial charge >= 0.3 is 5.97 Å². The van der Waals surface area contributed by atoms with Crippen LogP contribution in [0.4, 0.5) is 0 Å². The average molecular weight is 282 g/mol. The van der Waals surface area contributed by atoms with Crippen LogP contribution in [0.2, 0.25) is 0 Å². The number of carbonyl (C=O) groups is 2. The summed E-state index contributed by atoms with van der Waals surface area (Å²) in [6.07, 6.45) is 2.75. The highest BCUT2D eigenvalue weighted by molar-refractivity contribution is 7.11. The summed E-state index contributed by atoms with van der Waals surface area (Å²) in [4.78, 5) is 28.4. The number of rotatable bonds is 5. The van der Waals surface area contributed by atoms with E-state index < -0.39 is 23.2 Å². The van der Waals surface area contributed by atoms with Crippen LogP contribution in [0.25, 0.3) is 0 Å². The molecule has 0 aliphatic heterocycles. The number of carbonyl (C=O) groups excluding carboxylic acids is 1. The third-order valence-electron chi connectivity index (χ3n) is 3.74. The summed E-state index contributed by atoms with van der Waals surface area (Å²) < 4.78 is 0. The molecule has 6 heteroatoms. The summed E-state index contributed by atoms with van der Waals surface area (Å²) in [7, 11) is 0. The molecule has 0 bridgehead atoms. The molecular weight excluding hydrogens is 264 g/mol. The second-order valence-electron chi connectivity index (χ2n) is 5.41. The minimum atomic E-state index is -0.896. The quantitative estimate of drug-likeness (QED) is 0.861. The zero-order chi connectivity index (χ0) is 14.2.